The molecule has 0 spiro atoms. The molecule has 0 heterocycles. The van der Waals surface area contributed by atoms with E-state index in [0.717, 1.165) is 17.8 Å². The third-order valence-electron chi connectivity index (χ3n) is 13.5. The zero-order chi connectivity index (χ0) is 34.1. The summed E-state index contributed by atoms with van der Waals surface area (Å²) in [5.41, 5.74) is 15.0. The molecule has 2 bridgehead atoms. The molecule has 4 aliphatic rings. The van der Waals surface area contributed by atoms with E-state index in [1.54, 1.807) is 5.56 Å². The van der Waals surface area contributed by atoms with E-state index in [1.807, 2.05) is 0 Å². The van der Waals surface area contributed by atoms with E-state index in [2.05, 4.69) is 146 Å². The van der Waals surface area contributed by atoms with Gasteiger partial charge in [0, 0.05) is 22.2 Å². The van der Waals surface area contributed by atoms with Crippen molar-refractivity contribution in [2.24, 2.45) is 11.8 Å². The molecule has 0 N–H and O–H groups in total. The fraction of sp³-hybridized carbons (Fsp3) is 0.320. The SMILES string of the molecule is CC1(C)c2cc(N(c3ccc(C4CC5CCC4C5)cc3)c3cccc4cccc(C5CCCCC5)c34)ccc2-c2c(-c3ccccc3)cccc21. The van der Waals surface area contributed by atoms with E-state index in [0.29, 0.717) is 5.92 Å². The maximum absolute atomic E-state index is 2.59. The van der Waals surface area contributed by atoms with Crippen molar-refractivity contribution in [3.63, 3.8) is 0 Å². The molecule has 0 amide bonds. The minimum atomic E-state index is -0.116. The van der Waals surface area contributed by atoms with Gasteiger partial charge in [0.15, 0.2) is 0 Å². The molecule has 6 aromatic carbocycles. The van der Waals surface area contributed by atoms with Crippen LogP contribution >= 0.6 is 0 Å². The van der Waals surface area contributed by atoms with Gasteiger partial charge in [-0.05, 0) is 136 Å². The van der Waals surface area contributed by atoms with Gasteiger partial charge in [-0.3, -0.25) is 0 Å². The minimum Gasteiger partial charge on any atom is -0.310 e. The van der Waals surface area contributed by atoms with Crippen LogP contribution in [0.5, 0.6) is 0 Å². The molecule has 254 valence electrons. The van der Waals surface area contributed by atoms with Crippen molar-refractivity contribution >= 4 is 27.8 Å². The Morgan fingerprint density at radius 1 is 0.588 bits per heavy atom. The molecule has 1 heteroatoms. The van der Waals surface area contributed by atoms with Crippen molar-refractivity contribution in [1.29, 1.82) is 0 Å². The highest BCUT2D eigenvalue weighted by Crippen LogP contribution is 2.55. The van der Waals surface area contributed by atoms with Crippen molar-refractivity contribution in [3.8, 4) is 22.3 Å². The van der Waals surface area contributed by atoms with Gasteiger partial charge < -0.3 is 4.90 Å². The van der Waals surface area contributed by atoms with Crippen LogP contribution in [-0.2, 0) is 5.41 Å². The molecule has 0 saturated heterocycles. The van der Waals surface area contributed by atoms with Gasteiger partial charge in [-0.1, -0.05) is 137 Å². The summed E-state index contributed by atoms with van der Waals surface area (Å²) in [6.07, 6.45) is 12.3. The summed E-state index contributed by atoms with van der Waals surface area (Å²) in [7, 11) is 0. The molecule has 0 radical (unpaired) electrons. The Morgan fingerprint density at radius 2 is 1.35 bits per heavy atom. The number of benzene rings is 6. The van der Waals surface area contributed by atoms with Crippen LogP contribution in [0.15, 0.2) is 127 Å². The Morgan fingerprint density at radius 3 is 2.12 bits per heavy atom. The molecule has 4 aliphatic carbocycles. The monoisotopic (exact) mass is 663 g/mol. The number of fused-ring (bicyclic) bond motifs is 6. The van der Waals surface area contributed by atoms with E-state index >= 15 is 0 Å². The van der Waals surface area contributed by atoms with Crippen LogP contribution in [0.4, 0.5) is 17.1 Å². The molecule has 3 atom stereocenters. The van der Waals surface area contributed by atoms with Gasteiger partial charge in [-0.15, -0.1) is 0 Å². The van der Waals surface area contributed by atoms with Crippen LogP contribution in [0.3, 0.4) is 0 Å². The second kappa shape index (κ2) is 12.3. The summed E-state index contributed by atoms with van der Waals surface area (Å²) in [6.45, 7) is 4.84. The lowest BCUT2D eigenvalue weighted by Gasteiger charge is -2.31. The number of rotatable bonds is 6. The minimum absolute atomic E-state index is 0.116. The molecule has 0 aromatic heterocycles. The molecule has 3 saturated carbocycles. The zero-order valence-electron chi connectivity index (χ0n) is 30.2. The first-order chi connectivity index (χ1) is 25.0. The second-order valence-electron chi connectivity index (χ2n) is 16.7. The van der Waals surface area contributed by atoms with Gasteiger partial charge in [-0.25, -0.2) is 0 Å². The molecule has 6 aromatic rings. The molecule has 0 aliphatic heterocycles. The quantitative estimate of drug-likeness (QED) is 0.171. The van der Waals surface area contributed by atoms with Crippen LogP contribution in [0.2, 0.25) is 0 Å². The summed E-state index contributed by atoms with van der Waals surface area (Å²) < 4.78 is 0. The number of hydrogen-bond donors (Lipinski definition) is 0. The summed E-state index contributed by atoms with van der Waals surface area (Å²) in [4.78, 5) is 2.59. The Balaban J connectivity index is 1.15. The van der Waals surface area contributed by atoms with E-state index in [1.165, 1.54) is 125 Å². The van der Waals surface area contributed by atoms with Gasteiger partial charge in [0.2, 0.25) is 0 Å². The number of nitrogens with zero attached hydrogens (tertiary/aromatic N) is 1. The fourth-order valence-corrected chi connectivity index (χ4v) is 11.0. The van der Waals surface area contributed by atoms with Crippen molar-refractivity contribution in [3.05, 3.63) is 150 Å². The van der Waals surface area contributed by atoms with Crippen LogP contribution < -0.4 is 4.90 Å². The van der Waals surface area contributed by atoms with E-state index in [-0.39, 0.29) is 5.41 Å². The first-order valence-corrected chi connectivity index (χ1v) is 19.8. The average Bonchev–Trinajstić information content (AvgIpc) is 3.89. The van der Waals surface area contributed by atoms with Gasteiger partial charge >= 0.3 is 0 Å². The number of anilines is 3. The van der Waals surface area contributed by atoms with Crippen molar-refractivity contribution in [2.45, 2.75) is 88.9 Å². The average molecular weight is 664 g/mol. The number of hydrogen-bond acceptors (Lipinski definition) is 1. The van der Waals surface area contributed by atoms with Crippen LogP contribution in [0.25, 0.3) is 33.0 Å². The van der Waals surface area contributed by atoms with E-state index in [4.69, 9.17) is 0 Å². The predicted octanol–water partition coefficient (Wildman–Crippen LogP) is 14.2. The lowest BCUT2D eigenvalue weighted by Crippen LogP contribution is -2.17. The van der Waals surface area contributed by atoms with Crippen molar-refractivity contribution < 1.29 is 0 Å². The Kier molecular flexibility index (Phi) is 7.49. The largest absolute Gasteiger partial charge is 0.310 e. The summed E-state index contributed by atoms with van der Waals surface area (Å²) in [6, 6.07) is 49.1. The third-order valence-corrected chi connectivity index (χ3v) is 13.5. The van der Waals surface area contributed by atoms with Crippen molar-refractivity contribution in [2.75, 3.05) is 4.90 Å². The van der Waals surface area contributed by atoms with Crippen LogP contribution in [0, 0.1) is 11.8 Å². The highest BCUT2D eigenvalue weighted by Gasteiger charge is 2.40. The highest BCUT2D eigenvalue weighted by molar-refractivity contribution is 6.02. The Labute approximate surface area is 304 Å². The van der Waals surface area contributed by atoms with Gasteiger partial charge in [-0.2, -0.15) is 0 Å². The van der Waals surface area contributed by atoms with E-state index in [9.17, 15) is 0 Å². The third kappa shape index (κ3) is 5.10. The molecule has 3 unspecified atom stereocenters. The van der Waals surface area contributed by atoms with Crippen LogP contribution in [-0.4, -0.2) is 0 Å². The summed E-state index contributed by atoms with van der Waals surface area (Å²) >= 11 is 0. The van der Waals surface area contributed by atoms with Crippen molar-refractivity contribution in [1.82, 2.24) is 0 Å². The smallest absolute Gasteiger partial charge is 0.0542 e. The van der Waals surface area contributed by atoms with E-state index < -0.39 is 0 Å². The molecule has 51 heavy (non-hydrogen) atoms. The molecular weight excluding hydrogens is 615 g/mol. The van der Waals surface area contributed by atoms with Gasteiger partial charge in [0.05, 0.1) is 5.69 Å². The summed E-state index contributed by atoms with van der Waals surface area (Å²) in [5, 5.41) is 2.78. The first kappa shape index (κ1) is 31.1. The normalized spacial score (nSPS) is 21.9. The van der Waals surface area contributed by atoms with Gasteiger partial charge in [0.25, 0.3) is 0 Å². The van der Waals surface area contributed by atoms with Crippen LogP contribution in [0.1, 0.15) is 106 Å². The lowest BCUT2D eigenvalue weighted by molar-refractivity contribution is 0.420. The lowest BCUT2D eigenvalue weighted by atomic mass is 9.81. The standard InChI is InChI=1S/C50H49N/c1-50(2)45-20-11-19-42(35-14-7-4-8-15-35)49(45)43-29-28-40(32-46(43)50)51(39-26-24-36(25-27-39)44-31-33-22-23-38(44)30-33)47-21-10-17-37-16-9-18-41(48(37)47)34-12-5-3-6-13-34/h4,7-11,14-21,24-29,32-34,38,44H,3,5-6,12-13,22-23,30-31H2,1-2H3. The topological polar surface area (TPSA) is 3.24 Å². The highest BCUT2D eigenvalue weighted by atomic mass is 15.1. The molecular formula is C50H49N. The first-order valence-electron chi connectivity index (χ1n) is 19.8. The maximum atomic E-state index is 2.59. The summed E-state index contributed by atoms with van der Waals surface area (Å²) in [5.74, 6) is 3.19. The predicted molar refractivity (Wildman–Crippen MR) is 216 cm³/mol. The molecule has 3 fully saturated rings. The zero-order valence-corrected chi connectivity index (χ0v) is 30.2. The van der Waals surface area contributed by atoms with Gasteiger partial charge in [0.1, 0.15) is 0 Å². The molecule has 10 rings (SSSR count). The molecule has 1 nitrogen and oxygen atoms in total. The Hall–Kier alpha value is -4.62. The second-order valence-corrected chi connectivity index (χ2v) is 16.7. The Bertz CT molecular complexity index is 2230. The fourth-order valence-electron chi connectivity index (χ4n) is 11.0. The maximum Gasteiger partial charge on any atom is 0.0542 e.